The molecular weight excluding hydrogens is 404 g/mol. The molecule has 2 atom stereocenters. The number of amides is 3. The summed E-state index contributed by atoms with van der Waals surface area (Å²) in [5.41, 5.74) is 3.09. The molecule has 32 heavy (non-hydrogen) atoms. The van der Waals surface area contributed by atoms with Crippen LogP contribution in [0.5, 0.6) is 0 Å². The van der Waals surface area contributed by atoms with Crippen LogP contribution < -0.4 is 5.32 Å². The van der Waals surface area contributed by atoms with Gasteiger partial charge in [0, 0.05) is 45.0 Å². The minimum absolute atomic E-state index is 0.0300. The lowest BCUT2D eigenvalue weighted by Gasteiger charge is -2.26. The minimum Gasteiger partial charge on any atom is -0.344 e. The normalized spacial score (nSPS) is 21.2. The summed E-state index contributed by atoms with van der Waals surface area (Å²) in [7, 11) is 0. The van der Waals surface area contributed by atoms with Crippen molar-refractivity contribution in [1.82, 2.24) is 20.1 Å². The van der Waals surface area contributed by atoms with Crippen LogP contribution in [0.1, 0.15) is 18.4 Å². The van der Waals surface area contributed by atoms with Crippen LogP contribution >= 0.6 is 0 Å². The molecule has 3 heterocycles. The van der Waals surface area contributed by atoms with E-state index in [1.807, 2.05) is 36.5 Å². The zero-order valence-electron chi connectivity index (χ0n) is 18.1. The van der Waals surface area contributed by atoms with Crippen molar-refractivity contribution >= 4 is 17.7 Å². The topological polar surface area (TPSA) is 82.6 Å². The van der Waals surface area contributed by atoms with E-state index < -0.39 is 6.04 Å². The molecule has 2 aliphatic heterocycles. The van der Waals surface area contributed by atoms with E-state index >= 15 is 0 Å². The van der Waals surface area contributed by atoms with E-state index in [1.165, 1.54) is 0 Å². The number of hydrogen-bond donors (Lipinski definition) is 1. The summed E-state index contributed by atoms with van der Waals surface area (Å²) >= 11 is 0. The number of benzene rings is 1. The van der Waals surface area contributed by atoms with Gasteiger partial charge < -0.3 is 15.1 Å². The molecule has 7 heteroatoms. The summed E-state index contributed by atoms with van der Waals surface area (Å²) in [5, 5.41) is 2.76. The summed E-state index contributed by atoms with van der Waals surface area (Å²) < 4.78 is 0. The lowest BCUT2D eigenvalue weighted by Crippen LogP contribution is -2.46. The maximum atomic E-state index is 13.3. The van der Waals surface area contributed by atoms with E-state index in [0.29, 0.717) is 45.4 Å². The molecule has 4 rings (SSSR count). The van der Waals surface area contributed by atoms with Crippen LogP contribution in [-0.4, -0.2) is 64.7 Å². The smallest absolute Gasteiger partial charge is 0.245 e. The first-order chi connectivity index (χ1) is 15.5. The van der Waals surface area contributed by atoms with Gasteiger partial charge >= 0.3 is 0 Å². The molecule has 2 saturated heterocycles. The van der Waals surface area contributed by atoms with Gasteiger partial charge in [0.2, 0.25) is 17.7 Å². The monoisotopic (exact) mass is 432 g/mol. The predicted octanol–water partition coefficient (Wildman–Crippen LogP) is 2.04. The molecule has 0 aliphatic carbocycles. The fourth-order valence-electron chi connectivity index (χ4n) is 4.45. The highest BCUT2D eigenvalue weighted by Gasteiger charge is 2.36. The zero-order valence-corrected chi connectivity index (χ0v) is 18.1. The first kappa shape index (κ1) is 21.7. The molecule has 166 valence electrons. The van der Waals surface area contributed by atoms with Gasteiger partial charge in [-0.25, -0.2) is 0 Å². The second kappa shape index (κ2) is 9.77. The van der Waals surface area contributed by atoms with E-state index in [0.717, 1.165) is 16.7 Å². The van der Waals surface area contributed by atoms with Crippen molar-refractivity contribution < 1.29 is 14.4 Å². The molecule has 2 fully saturated rings. The molecule has 3 amide bonds. The van der Waals surface area contributed by atoms with Gasteiger partial charge in [-0.2, -0.15) is 0 Å². The Kier molecular flexibility index (Phi) is 6.63. The summed E-state index contributed by atoms with van der Waals surface area (Å²) in [6.07, 6.45) is 6.68. The maximum absolute atomic E-state index is 13.3. The van der Waals surface area contributed by atoms with Gasteiger partial charge in [0.1, 0.15) is 6.04 Å². The highest BCUT2D eigenvalue weighted by atomic mass is 16.2. The van der Waals surface area contributed by atoms with Gasteiger partial charge in [-0.05, 0) is 35.6 Å². The SMILES string of the molecule is C=CCN1CCN(C(=O)[C@@H]2CCC(=O)N2)C[C@@H](Cc2cccc(-c3cccnc3)c2)C1=O. The minimum atomic E-state index is -0.488. The summed E-state index contributed by atoms with van der Waals surface area (Å²) in [5.74, 6) is -0.519. The van der Waals surface area contributed by atoms with E-state index in [4.69, 9.17) is 0 Å². The van der Waals surface area contributed by atoms with Crippen molar-refractivity contribution in [3.63, 3.8) is 0 Å². The first-order valence-electron chi connectivity index (χ1n) is 11.0. The number of carbonyl (C=O) groups excluding carboxylic acids is 3. The molecular formula is C25H28N4O3. The van der Waals surface area contributed by atoms with Crippen LogP contribution in [0.4, 0.5) is 0 Å². The molecule has 1 aromatic heterocycles. The maximum Gasteiger partial charge on any atom is 0.245 e. The lowest BCUT2D eigenvalue weighted by molar-refractivity contribution is -0.136. The van der Waals surface area contributed by atoms with Gasteiger partial charge in [-0.3, -0.25) is 19.4 Å². The van der Waals surface area contributed by atoms with Crippen molar-refractivity contribution in [2.75, 3.05) is 26.2 Å². The van der Waals surface area contributed by atoms with Crippen LogP contribution in [0.3, 0.4) is 0 Å². The zero-order chi connectivity index (χ0) is 22.5. The van der Waals surface area contributed by atoms with Crippen molar-refractivity contribution in [2.45, 2.75) is 25.3 Å². The van der Waals surface area contributed by atoms with E-state index in [1.54, 1.807) is 22.1 Å². The molecule has 0 spiro atoms. The van der Waals surface area contributed by atoms with Crippen LogP contribution in [0.15, 0.2) is 61.4 Å². The van der Waals surface area contributed by atoms with Crippen LogP contribution in [0.2, 0.25) is 0 Å². The third-order valence-corrected chi connectivity index (χ3v) is 6.10. The highest BCUT2D eigenvalue weighted by Crippen LogP contribution is 2.23. The number of aromatic nitrogens is 1. The standard InChI is InChI=1S/C25H28N4O3/c1-2-11-28-12-13-29(25(32)22-8-9-23(30)27-22)17-21(24(28)31)15-18-5-3-6-19(14-18)20-7-4-10-26-16-20/h2-7,10,14,16,21-22H,1,8-9,11-13,15,17H2,(H,27,30)/t21-,22+/m1/s1. The molecule has 7 nitrogen and oxygen atoms in total. The number of pyridine rings is 1. The molecule has 2 aliphatic rings. The van der Waals surface area contributed by atoms with Crippen LogP contribution in [-0.2, 0) is 20.8 Å². The van der Waals surface area contributed by atoms with Gasteiger partial charge in [0.15, 0.2) is 0 Å². The Morgan fingerprint density at radius 3 is 2.75 bits per heavy atom. The summed E-state index contributed by atoms with van der Waals surface area (Å²) in [6, 6.07) is 11.5. The Morgan fingerprint density at radius 1 is 1.19 bits per heavy atom. The second-order valence-corrected chi connectivity index (χ2v) is 8.36. The van der Waals surface area contributed by atoms with Crippen molar-refractivity contribution in [1.29, 1.82) is 0 Å². The summed E-state index contributed by atoms with van der Waals surface area (Å²) in [4.78, 5) is 45.6. The predicted molar refractivity (Wildman–Crippen MR) is 121 cm³/mol. The number of nitrogens with one attached hydrogen (secondary N) is 1. The van der Waals surface area contributed by atoms with E-state index in [2.05, 4.69) is 22.9 Å². The number of hydrogen-bond acceptors (Lipinski definition) is 4. The Bertz CT molecular complexity index is 1010. The number of nitrogens with zero attached hydrogens (tertiary/aromatic N) is 3. The average molecular weight is 433 g/mol. The average Bonchev–Trinajstić information content (AvgIpc) is 3.20. The lowest BCUT2D eigenvalue weighted by atomic mass is 9.95. The third kappa shape index (κ3) is 4.88. The molecule has 1 aromatic carbocycles. The fraction of sp³-hybridized carbons (Fsp3) is 0.360. The van der Waals surface area contributed by atoms with Gasteiger partial charge in [-0.15, -0.1) is 6.58 Å². The highest BCUT2D eigenvalue weighted by molar-refractivity contribution is 5.91. The van der Waals surface area contributed by atoms with Crippen LogP contribution in [0, 0.1) is 5.92 Å². The first-order valence-corrected chi connectivity index (χ1v) is 11.0. The van der Waals surface area contributed by atoms with Crippen LogP contribution in [0.25, 0.3) is 11.1 Å². The second-order valence-electron chi connectivity index (χ2n) is 8.36. The van der Waals surface area contributed by atoms with Crippen molar-refractivity contribution in [3.8, 4) is 11.1 Å². The quantitative estimate of drug-likeness (QED) is 0.709. The largest absolute Gasteiger partial charge is 0.344 e. The Balaban J connectivity index is 1.55. The van der Waals surface area contributed by atoms with Gasteiger partial charge in [0.05, 0.1) is 5.92 Å². The molecule has 0 saturated carbocycles. The summed E-state index contributed by atoms with van der Waals surface area (Å²) in [6.45, 7) is 5.48. The van der Waals surface area contributed by atoms with Gasteiger partial charge in [0.25, 0.3) is 0 Å². The van der Waals surface area contributed by atoms with E-state index in [9.17, 15) is 14.4 Å². The molecule has 0 bridgehead atoms. The van der Waals surface area contributed by atoms with Gasteiger partial charge in [-0.1, -0.05) is 36.4 Å². The number of carbonyl (C=O) groups is 3. The molecule has 0 radical (unpaired) electrons. The van der Waals surface area contributed by atoms with E-state index in [-0.39, 0.29) is 23.6 Å². The van der Waals surface area contributed by atoms with Crippen molar-refractivity contribution in [2.24, 2.45) is 5.92 Å². The Labute approximate surface area is 188 Å². The Morgan fingerprint density at radius 2 is 2.03 bits per heavy atom. The Hall–Kier alpha value is -3.48. The molecule has 0 unspecified atom stereocenters. The van der Waals surface area contributed by atoms with Crippen molar-refractivity contribution in [3.05, 3.63) is 67.0 Å². The molecule has 2 aromatic rings. The number of rotatable bonds is 6. The third-order valence-electron chi connectivity index (χ3n) is 6.10. The molecule has 1 N–H and O–H groups in total. The fourth-order valence-corrected chi connectivity index (χ4v) is 4.45.